The van der Waals surface area contributed by atoms with Crippen molar-refractivity contribution in [3.63, 3.8) is 0 Å². The number of carbonyl (C=O) groups excluding carboxylic acids is 1. The third-order valence-electron chi connectivity index (χ3n) is 3.21. The molecule has 0 aliphatic rings. The second kappa shape index (κ2) is 6.05. The number of rotatable bonds is 2. The number of halogens is 4. The SMILES string of the molecule is O=C(Cl)c1cc(-c2cc(Cl)ccc2Cl)nc2c(Cl)cccc12. The van der Waals surface area contributed by atoms with Gasteiger partial charge in [0.25, 0.3) is 5.24 Å². The lowest BCUT2D eigenvalue weighted by Crippen LogP contribution is -1.96. The zero-order valence-corrected chi connectivity index (χ0v) is 13.9. The van der Waals surface area contributed by atoms with E-state index in [1.807, 2.05) is 0 Å². The van der Waals surface area contributed by atoms with Gasteiger partial charge in [-0.05, 0) is 41.9 Å². The van der Waals surface area contributed by atoms with E-state index in [0.29, 0.717) is 42.8 Å². The summed E-state index contributed by atoms with van der Waals surface area (Å²) < 4.78 is 0. The Kier molecular flexibility index (Phi) is 4.28. The zero-order valence-electron chi connectivity index (χ0n) is 10.9. The molecule has 0 radical (unpaired) electrons. The van der Waals surface area contributed by atoms with Gasteiger partial charge in [0.1, 0.15) is 0 Å². The molecule has 1 aromatic heterocycles. The Bertz CT molecular complexity index is 908. The fraction of sp³-hybridized carbons (Fsp3) is 0. The van der Waals surface area contributed by atoms with Crippen LogP contribution in [-0.4, -0.2) is 10.2 Å². The Balaban J connectivity index is 2.38. The summed E-state index contributed by atoms with van der Waals surface area (Å²) in [5.41, 5.74) is 1.90. The molecule has 0 aliphatic heterocycles. The van der Waals surface area contributed by atoms with Crippen molar-refractivity contribution in [2.45, 2.75) is 0 Å². The molecule has 22 heavy (non-hydrogen) atoms. The number of carbonyl (C=O) groups is 1. The minimum Gasteiger partial charge on any atom is -0.276 e. The second-order valence-corrected chi connectivity index (χ2v) is 6.18. The van der Waals surface area contributed by atoms with Gasteiger partial charge in [-0.3, -0.25) is 4.79 Å². The predicted molar refractivity (Wildman–Crippen MR) is 92.4 cm³/mol. The number of nitrogens with zero attached hydrogens (tertiary/aromatic N) is 1. The molecule has 0 aliphatic carbocycles. The molecule has 0 spiro atoms. The molecular weight excluding hydrogens is 364 g/mol. The Morgan fingerprint density at radius 3 is 2.45 bits per heavy atom. The third kappa shape index (κ3) is 2.80. The predicted octanol–water partition coefficient (Wildman–Crippen LogP) is 6.24. The van der Waals surface area contributed by atoms with Crippen molar-refractivity contribution in [1.82, 2.24) is 4.98 Å². The first-order chi connectivity index (χ1) is 10.5. The van der Waals surface area contributed by atoms with Gasteiger partial charge in [0, 0.05) is 21.5 Å². The Morgan fingerprint density at radius 2 is 1.73 bits per heavy atom. The molecule has 2 aromatic carbocycles. The summed E-state index contributed by atoms with van der Waals surface area (Å²) in [6.45, 7) is 0. The van der Waals surface area contributed by atoms with Crippen molar-refractivity contribution in [2.24, 2.45) is 0 Å². The number of benzene rings is 2. The lowest BCUT2D eigenvalue weighted by Gasteiger charge is -2.10. The highest BCUT2D eigenvalue weighted by atomic mass is 35.5. The van der Waals surface area contributed by atoms with Crippen molar-refractivity contribution in [2.75, 3.05) is 0 Å². The smallest absolute Gasteiger partial charge is 0.253 e. The summed E-state index contributed by atoms with van der Waals surface area (Å²) in [5, 5.41) is 1.41. The van der Waals surface area contributed by atoms with Crippen LogP contribution in [0.3, 0.4) is 0 Å². The number of hydrogen-bond donors (Lipinski definition) is 0. The molecular formula is C16H7Cl4NO. The first-order valence-corrected chi connectivity index (χ1v) is 7.73. The fourth-order valence-corrected chi connectivity index (χ4v) is 2.97. The van der Waals surface area contributed by atoms with Gasteiger partial charge in [0.2, 0.25) is 0 Å². The van der Waals surface area contributed by atoms with Crippen LogP contribution >= 0.6 is 46.4 Å². The molecule has 0 unspecified atom stereocenters. The lowest BCUT2D eigenvalue weighted by molar-refractivity contribution is 0.108. The number of aromatic nitrogens is 1. The maximum Gasteiger partial charge on any atom is 0.253 e. The number of pyridine rings is 1. The number of para-hydroxylation sites is 1. The summed E-state index contributed by atoms with van der Waals surface area (Å²) in [4.78, 5) is 16.2. The third-order valence-corrected chi connectivity index (χ3v) is 4.28. The maximum absolute atomic E-state index is 11.7. The van der Waals surface area contributed by atoms with E-state index in [1.54, 1.807) is 42.5 Å². The largest absolute Gasteiger partial charge is 0.276 e. The molecule has 0 bridgehead atoms. The lowest BCUT2D eigenvalue weighted by atomic mass is 10.0. The first kappa shape index (κ1) is 15.6. The minimum absolute atomic E-state index is 0.320. The molecule has 110 valence electrons. The zero-order chi connectivity index (χ0) is 15.9. The van der Waals surface area contributed by atoms with Gasteiger partial charge < -0.3 is 0 Å². The maximum atomic E-state index is 11.7. The van der Waals surface area contributed by atoms with E-state index in [1.165, 1.54) is 0 Å². The van der Waals surface area contributed by atoms with Gasteiger partial charge in [-0.15, -0.1) is 0 Å². The topological polar surface area (TPSA) is 30.0 Å². The van der Waals surface area contributed by atoms with E-state index in [4.69, 9.17) is 46.4 Å². The van der Waals surface area contributed by atoms with Crippen molar-refractivity contribution in [1.29, 1.82) is 0 Å². The number of hydrogen-bond acceptors (Lipinski definition) is 2. The van der Waals surface area contributed by atoms with Gasteiger partial charge in [-0.2, -0.15) is 0 Å². The molecule has 0 N–H and O–H groups in total. The van der Waals surface area contributed by atoms with E-state index in [0.717, 1.165) is 0 Å². The minimum atomic E-state index is -0.589. The van der Waals surface area contributed by atoms with Crippen LogP contribution in [-0.2, 0) is 0 Å². The van der Waals surface area contributed by atoms with Crippen LogP contribution in [0, 0.1) is 0 Å². The molecule has 3 aromatic rings. The molecule has 6 heteroatoms. The van der Waals surface area contributed by atoms with Crippen LogP contribution in [0.25, 0.3) is 22.2 Å². The summed E-state index contributed by atoms with van der Waals surface area (Å²) in [7, 11) is 0. The average Bonchev–Trinajstić information content (AvgIpc) is 2.49. The highest BCUT2D eigenvalue weighted by Gasteiger charge is 2.15. The van der Waals surface area contributed by atoms with Crippen molar-refractivity contribution in [3.8, 4) is 11.3 Å². The molecule has 0 saturated heterocycles. The summed E-state index contributed by atoms with van der Waals surface area (Å²) in [5.74, 6) is 0. The molecule has 0 fully saturated rings. The van der Waals surface area contributed by atoms with Crippen LogP contribution in [0.1, 0.15) is 10.4 Å². The monoisotopic (exact) mass is 369 g/mol. The molecule has 0 amide bonds. The molecule has 1 heterocycles. The highest BCUT2D eigenvalue weighted by molar-refractivity contribution is 6.68. The summed E-state index contributed by atoms with van der Waals surface area (Å²) in [6.07, 6.45) is 0. The quantitative estimate of drug-likeness (QED) is 0.499. The van der Waals surface area contributed by atoms with Crippen LogP contribution in [0.2, 0.25) is 15.1 Å². The summed E-state index contributed by atoms with van der Waals surface area (Å²) >= 11 is 24.1. The Hall–Kier alpha value is -1.32. The summed E-state index contributed by atoms with van der Waals surface area (Å²) in [6, 6.07) is 11.8. The molecule has 0 saturated carbocycles. The average molecular weight is 371 g/mol. The standard InChI is InChI=1S/C16H7Cl4NO/c17-8-4-5-12(18)11(6-8)14-7-10(16(20)22)9-2-1-3-13(19)15(9)21-14/h1-7H. The van der Waals surface area contributed by atoms with Crippen molar-refractivity contribution < 1.29 is 4.79 Å². The molecule has 0 atom stereocenters. The van der Waals surface area contributed by atoms with E-state index in [-0.39, 0.29) is 0 Å². The second-order valence-electron chi connectivity index (χ2n) is 4.59. The van der Waals surface area contributed by atoms with Gasteiger partial charge in [0.15, 0.2) is 0 Å². The van der Waals surface area contributed by atoms with Gasteiger partial charge in [-0.25, -0.2) is 4.98 Å². The van der Waals surface area contributed by atoms with Crippen LogP contribution in [0.4, 0.5) is 0 Å². The highest BCUT2D eigenvalue weighted by Crippen LogP contribution is 2.34. The van der Waals surface area contributed by atoms with Crippen LogP contribution < -0.4 is 0 Å². The number of fused-ring (bicyclic) bond motifs is 1. The first-order valence-electron chi connectivity index (χ1n) is 6.22. The molecule has 3 rings (SSSR count). The van der Waals surface area contributed by atoms with Gasteiger partial charge in [-0.1, -0.05) is 46.9 Å². The van der Waals surface area contributed by atoms with Crippen LogP contribution in [0.15, 0.2) is 42.5 Å². The van der Waals surface area contributed by atoms with E-state index >= 15 is 0 Å². The van der Waals surface area contributed by atoms with E-state index < -0.39 is 5.24 Å². The van der Waals surface area contributed by atoms with Crippen LogP contribution in [0.5, 0.6) is 0 Å². The van der Waals surface area contributed by atoms with Gasteiger partial charge in [0.05, 0.1) is 21.3 Å². The van der Waals surface area contributed by atoms with E-state index in [9.17, 15) is 4.79 Å². The molecule has 2 nitrogen and oxygen atoms in total. The van der Waals surface area contributed by atoms with Crippen molar-refractivity contribution in [3.05, 3.63) is 63.1 Å². The van der Waals surface area contributed by atoms with Crippen molar-refractivity contribution >= 4 is 62.5 Å². The fourth-order valence-electron chi connectivity index (χ4n) is 2.21. The Labute approximate surface area is 146 Å². The van der Waals surface area contributed by atoms with Gasteiger partial charge >= 0.3 is 0 Å². The Morgan fingerprint density at radius 1 is 0.955 bits per heavy atom. The normalized spacial score (nSPS) is 10.9. The van der Waals surface area contributed by atoms with E-state index in [2.05, 4.69) is 4.98 Å².